The Morgan fingerprint density at radius 1 is 1.59 bits per heavy atom. The number of rotatable bonds is 2. The summed E-state index contributed by atoms with van der Waals surface area (Å²) in [4.78, 5) is 24.2. The molecule has 2 heterocycles. The van der Waals surface area contributed by atoms with E-state index >= 15 is 0 Å². The number of ether oxygens (including phenoxy) is 1. The lowest BCUT2D eigenvalue weighted by molar-refractivity contribution is -0.0225. The molecule has 1 aliphatic heterocycles. The molecule has 1 unspecified atom stereocenters. The smallest absolute Gasteiger partial charge is 0.330 e. The summed E-state index contributed by atoms with van der Waals surface area (Å²) in [6.07, 6.45) is -4.18. The molecular weight excluding hydrogens is 233 g/mol. The Morgan fingerprint density at radius 2 is 2.29 bits per heavy atom. The van der Waals surface area contributed by atoms with E-state index in [1.807, 2.05) is 4.98 Å². The number of nitrogens with zero attached hydrogens (tertiary/aromatic N) is 1. The molecule has 0 aromatic carbocycles. The van der Waals surface area contributed by atoms with Gasteiger partial charge in [0.15, 0.2) is 12.4 Å². The number of alkyl halides is 1. The van der Waals surface area contributed by atoms with E-state index in [0.717, 1.165) is 16.8 Å². The van der Waals surface area contributed by atoms with E-state index in [1.165, 1.54) is 0 Å². The van der Waals surface area contributed by atoms with Crippen LogP contribution in [0.4, 0.5) is 4.39 Å². The third kappa shape index (κ3) is 2.02. The molecule has 1 aliphatic rings. The molecule has 0 saturated carbocycles. The van der Waals surface area contributed by atoms with Crippen molar-refractivity contribution in [2.45, 2.75) is 24.6 Å². The number of nitrogens with one attached hydrogen (secondary N) is 1. The molecule has 8 heteroatoms. The maximum Gasteiger partial charge on any atom is 0.330 e. The molecule has 17 heavy (non-hydrogen) atoms. The van der Waals surface area contributed by atoms with Crippen molar-refractivity contribution in [3.05, 3.63) is 33.1 Å². The standard InChI is InChI=1S/C9H12FN3O4/c10-6-7(15)4(3-11)17-8(6)13-2-1-5(14)12-9(13)16/h1-2,4,6-8,15H,3,11H2,(H,12,14,16)/t4-,6?,7+,8-/m1/s1. The third-order valence-corrected chi connectivity index (χ3v) is 2.65. The Kier molecular flexibility index (Phi) is 3.09. The molecule has 0 radical (unpaired) electrons. The van der Waals surface area contributed by atoms with Gasteiger partial charge in [0.1, 0.15) is 12.2 Å². The fraction of sp³-hybridized carbons (Fsp3) is 0.556. The zero-order valence-corrected chi connectivity index (χ0v) is 8.75. The van der Waals surface area contributed by atoms with E-state index in [-0.39, 0.29) is 6.54 Å². The average Bonchev–Trinajstić information content (AvgIpc) is 2.57. The SMILES string of the molecule is NC[C@H]1O[C@@H](n2ccc(=O)[nH]c2=O)C(F)[C@H]1O. The largest absolute Gasteiger partial charge is 0.387 e. The Bertz CT molecular complexity index is 513. The summed E-state index contributed by atoms with van der Waals surface area (Å²) < 4.78 is 19.7. The van der Waals surface area contributed by atoms with Crippen molar-refractivity contribution in [1.29, 1.82) is 0 Å². The highest BCUT2D eigenvalue weighted by Gasteiger charge is 2.44. The van der Waals surface area contributed by atoms with Crippen LogP contribution < -0.4 is 17.0 Å². The highest BCUT2D eigenvalue weighted by Crippen LogP contribution is 2.30. The predicted octanol–water partition coefficient (Wildman–Crippen LogP) is -1.91. The number of aromatic nitrogens is 2. The summed E-state index contributed by atoms with van der Waals surface area (Å²) in [5.74, 6) is 0. The van der Waals surface area contributed by atoms with Crippen LogP contribution in [0.3, 0.4) is 0 Å². The van der Waals surface area contributed by atoms with Gasteiger partial charge in [0.25, 0.3) is 5.56 Å². The number of aliphatic hydroxyl groups is 1. The molecule has 0 bridgehead atoms. The fourth-order valence-corrected chi connectivity index (χ4v) is 1.75. The van der Waals surface area contributed by atoms with Gasteiger partial charge in [0, 0.05) is 18.8 Å². The van der Waals surface area contributed by atoms with Gasteiger partial charge < -0.3 is 15.6 Å². The van der Waals surface area contributed by atoms with Crippen molar-refractivity contribution in [3.8, 4) is 0 Å². The topological polar surface area (TPSA) is 110 Å². The van der Waals surface area contributed by atoms with E-state index < -0.39 is 35.9 Å². The highest BCUT2D eigenvalue weighted by molar-refractivity contribution is 4.93. The van der Waals surface area contributed by atoms with Crippen molar-refractivity contribution in [3.63, 3.8) is 0 Å². The van der Waals surface area contributed by atoms with Gasteiger partial charge >= 0.3 is 5.69 Å². The summed E-state index contributed by atoms with van der Waals surface area (Å²) in [5.41, 5.74) is 3.91. The summed E-state index contributed by atoms with van der Waals surface area (Å²) >= 11 is 0. The van der Waals surface area contributed by atoms with Crippen LogP contribution in [-0.2, 0) is 4.74 Å². The number of nitrogens with two attached hydrogens (primary N) is 1. The Morgan fingerprint density at radius 3 is 2.82 bits per heavy atom. The summed E-state index contributed by atoms with van der Waals surface area (Å²) in [6, 6.07) is 1.07. The van der Waals surface area contributed by atoms with E-state index in [4.69, 9.17) is 10.5 Å². The van der Waals surface area contributed by atoms with Gasteiger partial charge in [-0.3, -0.25) is 14.3 Å². The highest BCUT2D eigenvalue weighted by atomic mass is 19.1. The third-order valence-electron chi connectivity index (χ3n) is 2.65. The first kappa shape index (κ1) is 12.0. The minimum absolute atomic E-state index is 0.0593. The van der Waals surface area contributed by atoms with E-state index in [1.54, 1.807) is 0 Å². The maximum atomic E-state index is 13.7. The van der Waals surface area contributed by atoms with Gasteiger partial charge in [0.05, 0.1) is 0 Å². The number of halogens is 1. The molecule has 94 valence electrons. The van der Waals surface area contributed by atoms with Crippen LogP contribution in [-0.4, -0.2) is 39.6 Å². The van der Waals surface area contributed by atoms with E-state index in [9.17, 15) is 19.1 Å². The van der Waals surface area contributed by atoms with Crippen molar-refractivity contribution >= 4 is 0 Å². The molecule has 7 nitrogen and oxygen atoms in total. The second-order valence-corrected chi connectivity index (χ2v) is 3.75. The second kappa shape index (κ2) is 4.40. The normalized spacial score (nSPS) is 32.9. The maximum absolute atomic E-state index is 13.7. The second-order valence-electron chi connectivity index (χ2n) is 3.75. The molecule has 0 spiro atoms. The lowest BCUT2D eigenvalue weighted by Gasteiger charge is -2.15. The lowest BCUT2D eigenvalue weighted by atomic mass is 10.1. The van der Waals surface area contributed by atoms with E-state index in [0.29, 0.717) is 0 Å². The first-order valence-electron chi connectivity index (χ1n) is 5.03. The fourth-order valence-electron chi connectivity index (χ4n) is 1.75. The van der Waals surface area contributed by atoms with Crippen LogP contribution in [0.25, 0.3) is 0 Å². The number of aliphatic hydroxyl groups excluding tert-OH is 1. The average molecular weight is 245 g/mol. The van der Waals surface area contributed by atoms with Crippen LogP contribution in [0.1, 0.15) is 6.23 Å². The predicted molar refractivity (Wildman–Crippen MR) is 55.2 cm³/mol. The quantitative estimate of drug-likeness (QED) is 0.563. The molecule has 1 saturated heterocycles. The molecule has 4 N–H and O–H groups in total. The molecule has 4 atom stereocenters. The summed E-state index contributed by atoms with van der Waals surface area (Å²) in [7, 11) is 0. The van der Waals surface area contributed by atoms with Crippen molar-refractivity contribution < 1.29 is 14.2 Å². The van der Waals surface area contributed by atoms with E-state index in [2.05, 4.69) is 0 Å². The van der Waals surface area contributed by atoms with Gasteiger partial charge in [-0.05, 0) is 0 Å². The molecule has 0 amide bonds. The zero-order valence-electron chi connectivity index (χ0n) is 8.75. The summed E-state index contributed by atoms with van der Waals surface area (Å²) in [5, 5.41) is 9.47. The van der Waals surface area contributed by atoms with Gasteiger partial charge in [-0.1, -0.05) is 0 Å². The lowest BCUT2D eigenvalue weighted by Crippen LogP contribution is -2.36. The number of aromatic amines is 1. The van der Waals surface area contributed by atoms with Gasteiger partial charge in [0.2, 0.25) is 0 Å². The number of hydrogen-bond donors (Lipinski definition) is 3. The summed E-state index contributed by atoms with van der Waals surface area (Å²) in [6.45, 7) is -0.0593. The van der Waals surface area contributed by atoms with Crippen molar-refractivity contribution in [2.75, 3.05) is 6.54 Å². The molecule has 1 aromatic rings. The number of H-pyrrole nitrogens is 1. The van der Waals surface area contributed by atoms with Crippen LogP contribution in [0.2, 0.25) is 0 Å². The zero-order chi connectivity index (χ0) is 12.6. The van der Waals surface area contributed by atoms with Gasteiger partial charge in [-0.25, -0.2) is 9.18 Å². The molecular formula is C9H12FN3O4. The Hall–Kier alpha value is -1.51. The van der Waals surface area contributed by atoms with Crippen LogP contribution in [0.15, 0.2) is 21.9 Å². The molecule has 1 fully saturated rings. The minimum Gasteiger partial charge on any atom is -0.387 e. The van der Waals surface area contributed by atoms with Crippen molar-refractivity contribution in [2.24, 2.45) is 5.73 Å². The van der Waals surface area contributed by atoms with Crippen molar-refractivity contribution in [1.82, 2.24) is 9.55 Å². The first-order chi connectivity index (χ1) is 8.04. The molecule has 0 aliphatic carbocycles. The van der Waals surface area contributed by atoms with Gasteiger partial charge in [-0.2, -0.15) is 0 Å². The number of hydrogen-bond acceptors (Lipinski definition) is 5. The molecule has 2 rings (SSSR count). The Labute approximate surface area is 94.6 Å². The van der Waals surface area contributed by atoms with Crippen LogP contribution in [0, 0.1) is 0 Å². The van der Waals surface area contributed by atoms with Crippen LogP contribution in [0.5, 0.6) is 0 Å². The monoisotopic (exact) mass is 245 g/mol. The van der Waals surface area contributed by atoms with Gasteiger partial charge in [-0.15, -0.1) is 0 Å². The Balaban J connectivity index is 2.35. The molecule has 1 aromatic heterocycles. The minimum atomic E-state index is -1.77. The first-order valence-corrected chi connectivity index (χ1v) is 5.03. The van der Waals surface area contributed by atoms with Crippen LogP contribution >= 0.6 is 0 Å².